The Hall–Kier alpha value is -3.15. The highest BCUT2D eigenvalue weighted by Crippen LogP contribution is 2.19. The summed E-state index contributed by atoms with van der Waals surface area (Å²) in [7, 11) is 0. The van der Waals surface area contributed by atoms with Crippen LogP contribution in [0.3, 0.4) is 0 Å². The number of ether oxygens (including phenoxy) is 1. The number of amides is 1. The van der Waals surface area contributed by atoms with Gasteiger partial charge in [-0.05, 0) is 44.0 Å². The lowest BCUT2D eigenvalue weighted by Gasteiger charge is -2.21. The molecule has 0 aliphatic heterocycles. The van der Waals surface area contributed by atoms with Gasteiger partial charge in [0.05, 0.1) is 11.9 Å². The Morgan fingerprint density at radius 2 is 1.89 bits per heavy atom. The topological polar surface area (TPSA) is 75.3 Å². The van der Waals surface area contributed by atoms with E-state index in [2.05, 4.69) is 10.2 Å². The molecular weight excluding hydrogens is 342 g/mol. The Balaban J connectivity index is 1.76. The van der Waals surface area contributed by atoms with E-state index < -0.39 is 0 Å². The van der Waals surface area contributed by atoms with Crippen LogP contribution in [-0.4, -0.2) is 40.7 Å². The molecule has 1 heterocycles. The fourth-order valence-electron chi connectivity index (χ4n) is 2.96. The summed E-state index contributed by atoms with van der Waals surface area (Å²) in [5, 5.41) is 7.42. The van der Waals surface area contributed by atoms with Crippen LogP contribution in [0.5, 0.6) is 5.75 Å². The number of rotatable bonds is 6. The Morgan fingerprint density at radius 1 is 1.15 bits per heavy atom. The first-order valence-electron chi connectivity index (χ1n) is 8.98. The molecule has 0 radical (unpaired) electrons. The number of benzene rings is 2. The van der Waals surface area contributed by atoms with Crippen LogP contribution >= 0.6 is 0 Å². The minimum atomic E-state index is -0.302. The van der Waals surface area contributed by atoms with Crippen LogP contribution in [0.4, 0.5) is 0 Å². The van der Waals surface area contributed by atoms with Gasteiger partial charge in [0.15, 0.2) is 5.69 Å². The van der Waals surface area contributed by atoms with Gasteiger partial charge >= 0.3 is 0 Å². The largest absolute Gasteiger partial charge is 0.491 e. The van der Waals surface area contributed by atoms with Crippen LogP contribution in [0.1, 0.15) is 28.5 Å². The van der Waals surface area contributed by atoms with E-state index >= 15 is 0 Å². The number of aromatic nitrogens is 2. The number of carbonyl (C=O) groups excluding carboxylic acids is 1. The quantitative estimate of drug-likeness (QED) is 0.728. The van der Waals surface area contributed by atoms with Crippen LogP contribution in [0.2, 0.25) is 0 Å². The fraction of sp³-hybridized carbons (Fsp3) is 0.286. The highest BCUT2D eigenvalue weighted by atomic mass is 16.5. The third kappa shape index (κ3) is 4.00. The molecule has 0 aliphatic rings. The number of likely N-dealkylation sites (N-methyl/N-ethyl adjacent to an activating group) is 1. The summed E-state index contributed by atoms with van der Waals surface area (Å²) in [5.74, 6) is 0.598. The molecule has 6 nitrogen and oxygen atoms in total. The van der Waals surface area contributed by atoms with Gasteiger partial charge in [0, 0.05) is 11.9 Å². The second kappa shape index (κ2) is 8.03. The third-order valence-electron chi connectivity index (χ3n) is 4.53. The molecule has 3 rings (SSSR count). The summed E-state index contributed by atoms with van der Waals surface area (Å²) in [4.78, 5) is 26.5. The molecule has 3 aromatic rings. The molecule has 1 aromatic heterocycles. The average Bonchev–Trinajstić information content (AvgIpc) is 2.68. The number of fused-ring (bicyclic) bond motifs is 1. The van der Waals surface area contributed by atoms with Crippen LogP contribution in [-0.2, 0) is 0 Å². The van der Waals surface area contributed by atoms with Gasteiger partial charge in [0.1, 0.15) is 12.4 Å². The summed E-state index contributed by atoms with van der Waals surface area (Å²) >= 11 is 0. The number of hydrogen-bond acceptors (Lipinski definition) is 4. The van der Waals surface area contributed by atoms with Gasteiger partial charge in [-0.1, -0.05) is 30.3 Å². The van der Waals surface area contributed by atoms with Gasteiger partial charge in [-0.2, -0.15) is 5.10 Å². The molecule has 2 aromatic carbocycles. The Bertz CT molecular complexity index is 1030. The predicted molar refractivity (Wildman–Crippen MR) is 105 cm³/mol. The lowest BCUT2D eigenvalue weighted by molar-refractivity contribution is 0.0734. The molecule has 0 bridgehead atoms. The van der Waals surface area contributed by atoms with Gasteiger partial charge in [-0.15, -0.1) is 0 Å². The van der Waals surface area contributed by atoms with E-state index in [4.69, 9.17) is 4.74 Å². The molecule has 140 valence electrons. The Morgan fingerprint density at radius 3 is 2.63 bits per heavy atom. The van der Waals surface area contributed by atoms with Crippen molar-refractivity contribution in [2.45, 2.75) is 20.8 Å². The van der Waals surface area contributed by atoms with Gasteiger partial charge < -0.3 is 9.64 Å². The zero-order valence-corrected chi connectivity index (χ0v) is 15.8. The number of aromatic amines is 1. The molecule has 6 heteroatoms. The summed E-state index contributed by atoms with van der Waals surface area (Å²) in [6.45, 7) is 7.24. The molecular formula is C21H23N3O3. The van der Waals surface area contributed by atoms with Gasteiger partial charge in [-0.25, -0.2) is 5.10 Å². The summed E-state index contributed by atoms with van der Waals surface area (Å²) in [5.41, 5.74) is 2.13. The first kappa shape index (κ1) is 18.6. The average molecular weight is 365 g/mol. The minimum Gasteiger partial charge on any atom is -0.491 e. The first-order chi connectivity index (χ1) is 13.0. The molecule has 0 unspecified atom stereocenters. The minimum absolute atomic E-state index is 0.227. The second-order valence-electron chi connectivity index (χ2n) is 6.45. The molecule has 0 saturated heterocycles. The summed E-state index contributed by atoms with van der Waals surface area (Å²) < 4.78 is 5.87. The van der Waals surface area contributed by atoms with Crippen molar-refractivity contribution in [3.63, 3.8) is 0 Å². The molecule has 1 amide bonds. The zero-order valence-electron chi connectivity index (χ0n) is 15.8. The smallest absolute Gasteiger partial charge is 0.275 e. The predicted octanol–water partition coefficient (Wildman–Crippen LogP) is 3.08. The number of nitrogens with one attached hydrogen (secondary N) is 1. The summed E-state index contributed by atoms with van der Waals surface area (Å²) in [6, 6.07) is 13.0. The maximum Gasteiger partial charge on any atom is 0.275 e. The molecule has 0 spiro atoms. The maximum atomic E-state index is 13.0. The zero-order chi connectivity index (χ0) is 19.4. The normalized spacial score (nSPS) is 10.8. The first-order valence-corrected chi connectivity index (χ1v) is 8.98. The number of aryl methyl sites for hydroxylation is 2. The van der Waals surface area contributed by atoms with Crippen molar-refractivity contribution in [2.75, 3.05) is 19.7 Å². The van der Waals surface area contributed by atoms with E-state index in [0.29, 0.717) is 30.5 Å². The van der Waals surface area contributed by atoms with Crippen molar-refractivity contribution in [3.8, 4) is 5.75 Å². The van der Waals surface area contributed by atoms with Crippen molar-refractivity contribution >= 4 is 16.7 Å². The van der Waals surface area contributed by atoms with E-state index in [1.807, 2.05) is 39.0 Å². The number of carbonyl (C=O) groups is 1. The van der Waals surface area contributed by atoms with E-state index in [-0.39, 0.29) is 17.2 Å². The summed E-state index contributed by atoms with van der Waals surface area (Å²) in [6.07, 6.45) is 0. The van der Waals surface area contributed by atoms with Crippen LogP contribution in [0.25, 0.3) is 10.8 Å². The van der Waals surface area contributed by atoms with Crippen molar-refractivity contribution < 1.29 is 9.53 Å². The molecule has 0 saturated carbocycles. The van der Waals surface area contributed by atoms with Gasteiger partial charge in [-0.3, -0.25) is 9.59 Å². The van der Waals surface area contributed by atoms with E-state index in [0.717, 1.165) is 16.9 Å². The molecule has 0 fully saturated rings. The lowest BCUT2D eigenvalue weighted by Crippen LogP contribution is -2.35. The third-order valence-corrected chi connectivity index (χ3v) is 4.53. The standard InChI is InChI=1S/C21H23N3O3/c1-4-24(11-12-27-18-13-14(2)9-10-15(18)3)21(26)19-16-7-5-6-8-17(16)20(25)23-22-19/h5-10,13H,4,11-12H2,1-3H3,(H,23,25). The molecule has 1 N–H and O–H groups in total. The van der Waals surface area contributed by atoms with Crippen LogP contribution < -0.4 is 10.3 Å². The fourth-order valence-corrected chi connectivity index (χ4v) is 2.96. The highest BCUT2D eigenvalue weighted by molar-refractivity contribution is 6.04. The number of hydrogen-bond donors (Lipinski definition) is 1. The lowest BCUT2D eigenvalue weighted by atomic mass is 10.1. The second-order valence-corrected chi connectivity index (χ2v) is 6.45. The molecule has 0 aliphatic carbocycles. The van der Waals surface area contributed by atoms with Crippen molar-refractivity contribution in [3.05, 3.63) is 69.6 Å². The van der Waals surface area contributed by atoms with E-state index in [1.165, 1.54) is 0 Å². The van der Waals surface area contributed by atoms with Crippen LogP contribution in [0.15, 0.2) is 47.3 Å². The van der Waals surface area contributed by atoms with Crippen molar-refractivity contribution in [1.29, 1.82) is 0 Å². The van der Waals surface area contributed by atoms with Gasteiger partial charge in [0.25, 0.3) is 11.5 Å². The number of H-pyrrole nitrogens is 1. The van der Waals surface area contributed by atoms with Crippen molar-refractivity contribution in [1.82, 2.24) is 15.1 Å². The Labute approximate surface area is 157 Å². The van der Waals surface area contributed by atoms with Crippen molar-refractivity contribution in [2.24, 2.45) is 0 Å². The Kier molecular flexibility index (Phi) is 5.54. The van der Waals surface area contributed by atoms with Gasteiger partial charge in [0.2, 0.25) is 0 Å². The monoisotopic (exact) mass is 365 g/mol. The molecule has 27 heavy (non-hydrogen) atoms. The maximum absolute atomic E-state index is 13.0. The highest BCUT2D eigenvalue weighted by Gasteiger charge is 2.19. The number of nitrogens with zero attached hydrogens (tertiary/aromatic N) is 2. The van der Waals surface area contributed by atoms with Crippen LogP contribution in [0, 0.1) is 13.8 Å². The van der Waals surface area contributed by atoms with E-state index in [9.17, 15) is 9.59 Å². The molecule has 0 atom stereocenters. The van der Waals surface area contributed by atoms with E-state index in [1.54, 1.807) is 29.2 Å². The SMILES string of the molecule is CCN(CCOc1cc(C)ccc1C)C(=O)c1n[nH]c(=O)c2ccccc12.